The lowest BCUT2D eigenvalue weighted by molar-refractivity contribution is -0.126. The predicted molar refractivity (Wildman–Crippen MR) is 73.9 cm³/mol. The number of benzene rings is 1. The van der Waals surface area contributed by atoms with Gasteiger partial charge in [0, 0.05) is 0 Å². The molecule has 0 aromatic heterocycles. The Balaban J connectivity index is 2.95. The minimum atomic E-state index is -0.269. The molecular weight excluding hydrogens is 224 g/mol. The lowest BCUT2D eigenvalue weighted by Gasteiger charge is -2.28. The minimum absolute atomic E-state index is 0.0390. The molecule has 1 amide bonds. The molecular formula is C15H20N2O. The number of hydrogen-bond donors (Lipinski definition) is 1. The number of amides is 1. The second-order valence-corrected chi connectivity index (χ2v) is 3.96. The highest BCUT2D eigenvalue weighted by Crippen LogP contribution is 2.20. The van der Waals surface area contributed by atoms with Crippen LogP contribution in [0, 0.1) is 12.3 Å². The van der Waals surface area contributed by atoms with E-state index >= 15 is 0 Å². The Hall–Kier alpha value is -1.79. The molecule has 0 bridgehead atoms. The Morgan fingerprint density at radius 1 is 1.33 bits per heavy atom. The van der Waals surface area contributed by atoms with E-state index in [-0.39, 0.29) is 18.5 Å². The van der Waals surface area contributed by atoms with Gasteiger partial charge in [-0.05, 0) is 18.7 Å². The van der Waals surface area contributed by atoms with Gasteiger partial charge in [-0.2, -0.15) is 0 Å². The van der Waals surface area contributed by atoms with Crippen LogP contribution in [0.25, 0.3) is 0 Å². The normalized spacial score (nSPS) is 11.9. The summed E-state index contributed by atoms with van der Waals surface area (Å²) in [6.07, 6.45) is 5.18. The fourth-order valence-corrected chi connectivity index (χ4v) is 1.99. The van der Waals surface area contributed by atoms with Gasteiger partial charge in [0.05, 0.1) is 6.54 Å². The van der Waals surface area contributed by atoms with Gasteiger partial charge in [0.2, 0.25) is 5.91 Å². The number of likely N-dealkylation sites (N-methyl/N-ethyl adjacent to an activating group) is 1. The third-order valence-electron chi connectivity index (χ3n) is 2.91. The second kappa shape index (κ2) is 7.52. The molecule has 0 heterocycles. The summed E-state index contributed by atoms with van der Waals surface area (Å²) in [4.78, 5) is 14.3. The maximum Gasteiger partial charge on any atom is 0.242 e. The summed E-state index contributed by atoms with van der Waals surface area (Å²) in [5.74, 6) is 2.39. The van der Waals surface area contributed by atoms with Gasteiger partial charge in [-0.25, -0.2) is 0 Å². The van der Waals surface area contributed by atoms with Gasteiger partial charge in [0.15, 0.2) is 0 Å². The van der Waals surface area contributed by atoms with Gasteiger partial charge in [-0.15, -0.1) is 6.42 Å². The number of nitrogens with one attached hydrogen (secondary N) is 1. The average Bonchev–Trinajstić information content (AvgIpc) is 2.43. The molecule has 0 fully saturated rings. The van der Waals surface area contributed by atoms with Crippen molar-refractivity contribution in [3.05, 3.63) is 35.9 Å². The van der Waals surface area contributed by atoms with Crippen molar-refractivity contribution in [2.24, 2.45) is 0 Å². The highest BCUT2D eigenvalue weighted by atomic mass is 16.2. The van der Waals surface area contributed by atoms with E-state index in [4.69, 9.17) is 6.42 Å². The Kier molecular flexibility index (Phi) is 5.96. The average molecular weight is 244 g/mol. The van der Waals surface area contributed by atoms with E-state index in [9.17, 15) is 4.79 Å². The standard InChI is InChI=1S/C15H20N2O/c1-4-12-16-15(18)14(17(5-2)6-3)13-10-8-7-9-11-13/h1,7-11,14H,5-6,12H2,2-3H3,(H,16,18)/t14-/m1/s1. The van der Waals surface area contributed by atoms with Crippen LogP contribution in [-0.4, -0.2) is 30.4 Å². The number of rotatable bonds is 6. The van der Waals surface area contributed by atoms with E-state index in [1.54, 1.807) is 0 Å². The van der Waals surface area contributed by atoms with Gasteiger partial charge in [-0.1, -0.05) is 50.1 Å². The molecule has 1 atom stereocenters. The maximum absolute atomic E-state index is 12.2. The number of carbonyl (C=O) groups excluding carboxylic acids is 1. The molecule has 0 unspecified atom stereocenters. The van der Waals surface area contributed by atoms with Crippen LogP contribution in [0.5, 0.6) is 0 Å². The van der Waals surface area contributed by atoms with E-state index in [0.717, 1.165) is 18.7 Å². The largest absolute Gasteiger partial charge is 0.344 e. The molecule has 3 nitrogen and oxygen atoms in total. The quantitative estimate of drug-likeness (QED) is 0.774. The minimum Gasteiger partial charge on any atom is -0.344 e. The molecule has 18 heavy (non-hydrogen) atoms. The molecule has 0 spiro atoms. The van der Waals surface area contributed by atoms with E-state index in [1.807, 2.05) is 44.2 Å². The molecule has 0 saturated carbocycles. The zero-order valence-electron chi connectivity index (χ0n) is 11.0. The number of terminal acetylenes is 1. The first kappa shape index (κ1) is 14.3. The third kappa shape index (κ3) is 3.61. The summed E-state index contributed by atoms with van der Waals surface area (Å²) in [5, 5.41) is 2.76. The van der Waals surface area contributed by atoms with Crippen molar-refractivity contribution < 1.29 is 4.79 Å². The van der Waals surface area contributed by atoms with Gasteiger partial charge in [0.1, 0.15) is 6.04 Å². The Morgan fingerprint density at radius 3 is 2.44 bits per heavy atom. The van der Waals surface area contributed by atoms with Crippen LogP contribution in [0.15, 0.2) is 30.3 Å². The summed E-state index contributed by atoms with van der Waals surface area (Å²) in [7, 11) is 0. The topological polar surface area (TPSA) is 32.3 Å². The van der Waals surface area contributed by atoms with Gasteiger partial charge < -0.3 is 5.32 Å². The Morgan fingerprint density at radius 2 is 1.94 bits per heavy atom. The second-order valence-electron chi connectivity index (χ2n) is 3.96. The lowest BCUT2D eigenvalue weighted by atomic mass is 10.0. The Bertz CT molecular complexity index is 404. The highest BCUT2D eigenvalue weighted by molar-refractivity contribution is 5.83. The summed E-state index contributed by atoms with van der Waals surface area (Å²) in [6.45, 7) is 6.00. The van der Waals surface area contributed by atoms with Crippen molar-refractivity contribution in [3.8, 4) is 12.3 Å². The van der Waals surface area contributed by atoms with Crippen LogP contribution in [0.2, 0.25) is 0 Å². The third-order valence-corrected chi connectivity index (χ3v) is 2.91. The van der Waals surface area contributed by atoms with E-state index < -0.39 is 0 Å². The monoisotopic (exact) mass is 244 g/mol. The number of carbonyl (C=O) groups is 1. The molecule has 1 aromatic carbocycles. The highest BCUT2D eigenvalue weighted by Gasteiger charge is 2.24. The van der Waals surface area contributed by atoms with Crippen molar-refractivity contribution in [1.29, 1.82) is 0 Å². The van der Waals surface area contributed by atoms with Crippen molar-refractivity contribution in [1.82, 2.24) is 10.2 Å². The van der Waals surface area contributed by atoms with Gasteiger partial charge >= 0.3 is 0 Å². The van der Waals surface area contributed by atoms with Crippen LogP contribution in [0.1, 0.15) is 25.5 Å². The van der Waals surface area contributed by atoms with E-state index in [0.29, 0.717) is 0 Å². The van der Waals surface area contributed by atoms with Crippen LogP contribution < -0.4 is 5.32 Å². The van der Waals surface area contributed by atoms with Crippen LogP contribution in [0.4, 0.5) is 0 Å². The van der Waals surface area contributed by atoms with Crippen molar-refractivity contribution in [2.75, 3.05) is 19.6 Å². The molecule has 0 saturated heterocycles. The van der Waals surface area contributed by atoms with Gasteiger partial charge in [-0.3, -0.25) is 9.69 Å². The Labute approximate surface area is 109 Å². The lowest BCUT2D eigenvalue weighted by Crippen LogP contribution is -2.40. The van der Waals surface area contributed by atoms with E-state index in [1.165, 1.54) is 0 Å². The zero-order valence-corrected chi connectivity index (χ0v) is 11.0. The summed E-state index contributed by atoms with van der Waals surface area (Å²) >= 11 is 0. The fraction of sp³-hybridized carbons (Fsp3) is 0.400. The molecule has 1 N–H and O–H groups in total. The SMILES string of the molecule is C#CCNC(=O)[C@@H](c1ccccc1)N(CC)CC. The molecule has 1 rings (SSSR count). The van der Waals surface area contributed by atoms with Crippen LogP contribution in [0.3, 0.4) is 0 Å². The first-order chi connectivity index (χ1) is 8.74. The summed E-state index contributed by atoms with van der Waals surface area (Å²) in [5.41, 5.74) is 0.996. The molecule has 1 aromatic rings. The predicted octanol–water partition coefficient (Wildman–Crippen LogP) is 1.82. The van der Waals surface area contributed by atoms with Gasteiger partial charge in [0.25, 0.3) is 0 Å². The molecule has 0 aliphatic rings. The molecule has 3 heteroatoms. The zero-order chi connectivity index (χ0) is 13.4. The smallest absolute Gasteiger partial charge is 0.242 e. The van der Waals surface area contributed by atoms with Crippen LogP contribution in [-0.2, 0) is 4.79 Å². The molecule has 0 aliphatic carbocycles. The van der Waals surface area contributed by atoms with E-state index in [2.05, 4.69) is 16.1 Å². The molecule has 96 valence electrons. The molecule has 0 radical (unpaired) electrons. The number of hydrogen-bond acceptors (Lipinski definition) is 2. The first-order valence-corrected chi connectivity index (χ1v) is 6.24. The maximum atomic E-state index is 12.2. The molecule has 0 aliphatic heterocycles. The summed E-state index contributed by atoms with van der Waals surface area (Å²) in [6, 6.07) is 9.51. The van der Waals surface area contributed by atoms with Crippen molar-refractivity contribution in [2.45, 2.75) is 19.9 Å². The fourth-order valence-electron chi connectivity index (χ4n) is 1.99. The first-order valence-electron chi connectivity index (χ1n) is 6.24. The van der Waals surface area contributed by atoms with Crippen molar-refractivity contribution in [3.63, 3.8) is 0 Å². The number of nitrogens with zero attached hydrogens (tertiary/aromatic N) is 1. The summed E-state index contributed by atoms with van der Waals surface area (Å²) < 4.78 is 0. The van der Waals surface area contributed by atoms with Crippen molar-refractivity contribution >= 4 is 5.91 Å². The van der Waals surface area contributed by atoms with Crippen LogP contribution >= 0.6 is 0 Å².